The number of aliphatic hydroxyl groups excluding tert-OH is 1. The van der Waals surface area contributed by atoms with Gasteiger partial charge < -0.3 is 14.4 Å². The second-order valence-electron chi connectivity index (χ2n) is 7.57. The van der Waals surface area contributed by atoms with E-state index in [4.69, 9.17) is 14.8 Å². The van der Waals surface area contributed by atoms with Gasteiger partial charge in [-0.1, -0.05) is 6.07 Å². The molecule has 4 heterocycles. The van der Waals surface area contributed by atoms with Gasteiger partial charge in [0.05, 0.1) is 31.6 Å². The molecule has 0 amide bonds. The number of hydrogen-bond acceptors (Lipinski definition) is 6. The van der Waals surface area contributed by atoms with Crippen molar-refractivity contribution in [2.24, 2.45) is 0 Å². The molecule has 5 rings (SSSR count). The number of aliphatic hydroxyl groups is 1. The zero-order valence-corrected chi connectivity index (χ0v) is 17.8. The van der Waals surface area contributed by atoms with Gasteiger partial charge in [-0.25, -0.2) is 9.97 Å². The summed E-state index contributed by atoms with van der Waals surface area (Å²) in [6.07, 6.45) is 8.42. The third-order valence-corrected chi connectivity index (χ3v) is 6.34. The van der Waals surface area contributed by atoms with Crippen molar-refractivity contribution in [1.29, 1.82) is 0 Å². The van der Waals surface area contributed by atoms with Crippen molar-refractivity contribution in [1.82, 2.24) is 24.3 Å². The average Bonchev–Trinajstić information content (AvgIpc) is 3.46. The lowest BCUT2D eigenvalue weighted by atomic mass is 10.0. The maximum Gasteiger partial charge on any atom is 0.169 e. The summed E-state index contributed by atoms with van der Waals surface area (Å²) < 4.78 is 9.97. The van der Waals surface area contributed by atoms with Crippen molar-refractivity contribution >= 4 is 11.3 Å². The fraction of sp³-hybridized carbons (Fsp3) is 0.318. The van der Waals surface area contributed by atoms with Gasteiger partial charge in [-0.3, -0.25) is 4.68 Å². The lowest BCUT2D eigenvalue weighted by Crippen LogP contribution is -2.01. The van der Waals surface area contributed by atoms with Crippen LogP contribution in [-0.4, -0.2) is 42.6 Å². The Bertz CT molecular complexity index is 1190. The van der Waals surface area contributed by atoms with Crippen LogP contribution in [0.4, 0.5) is 0 Å². The topological polar surface area (TPSA) is 78.0 Å². The van der Waals surface area contributed by atoms with E-state index >= 15 is 0 Å². The van der Waals surface area contributed by atoms with Crippen molar-refractivity contribution in [3.05, 3.63) is 47.9 Å². The van der Waals surface area contributed by atoms with Crippen molar-refractivity contribution in [3.8, 4) is 39.0 Å². The Morgan fingerprint density at radius 1 is 1.27 bits per heavy atom. The van der Waals surface area contributed by atoms with Gasteiger partial charge in [-0.15, -0.1) is 11.3 Å². The highest BCUT2D eigenvalue weighted by molar-refractivity contribution is 7.15. The van der Waals surface area contributed by atoms with Crippen LogP contribution in [0.1, 0.15) is 24.8 Å². The molecule has 7 nitrogen and oxygen atoms in total. The summed E-state index contributed by atoms with van der Waals surface area (Å²) in [5.74, 6) is 1.75. The van der Waals surface area contributed by atoms with Crippen molar-refractivity contribution < 1.29 is 9.84 Å². The number of rotatable bonds is 5. The van der Waals surface area contributed by atoms with E-state index in [0.29, 0.717) is 19.2 Å². The van der Waals surface area contributed by atoms with Crippen molar-refractivity contribution in [2.45, 2.75) is 32.9 Å². The second-order valence-corrected chi connectivity index (χ2v) is 8.65. The molecule has 1 N–H and O–H groups in total. The van der Waals surface area contributed by atoms with Crippen LogP contribution in [0, 0.1) is 0 Å². The molecule has 0 radical (unpaired) electrons. The molecule has 0 unspecified atom stereocenters. The number of ether oxygens (including phenoxy) is 1. The third-order valence-electron chi connectivity index (χ3n) is 5.23. The van der Waals surface area contributed by atoms with Crippen LogP contribution in [0.5, 0.6) is 5.75 Å². The molecule has 0 atom stereocenters. The van der Waals surface area contributed by atoms with Gasteiger partial charge in [0.15, 0.2) is 10.8 Å². The van der Waals surface area contributed by atoms with E-state index in [9.17, 15) is 0 Å². The Balaban J connectivity index is 1.54. The highest BCUT2D eigenvalue weighted by Gasteiger charge is 2.23. The molecule has 3 aromatic heterocycles. The quantitative estimate of drug-likeness (QED) is 0.526. The molecular weight excluding hydrogens is 398 g/mol. The molecule has 0 saturated carbocycles. The highest BCUT2D eigenvalue weighted by atomic mass is 32.1. The van der Waals surface area contributed by atoms with E-state index in [1.807, 2.05) is 24.8 Å². The normalized spacial score (nSPS) is 13.1. The Hall–Kier alpha value is -2.97. The number of imidazole rings is 1. The minimum Gasteiger partial charge on any atom is -0.492 e. The van der Waals surface area contributed by atoms with Gasteiger partial charge in [0.2, 0.25) is 0 Å². The second kappa shape index (κ2) is 7.70. The van der Waals surface area contributed by atoms with E-state index in [0.717, 1.165) is 45.4 Å². The summed E-state index contributed by atoms with van der Waals surface area (Å²) in [6.45, 7) is 5.47. The van der Waals surface area contributed by atoms with Crippen LogP contribution >= 0.6 is 11.3 Å². The molecule has 0 aliphatic carbocycles. The van der Waals surface area contributed by atoms with Crippen molar-refractivity contribution in [3.63, 3.8) is 0 Å². The molecular formula is C22H23N5O2S. The SMILES string of the molecule is CC(C)n1ccnc1-c1nc2c(s1)CCOc1cc(-c3cnn(CCO)c3)ccc1-2. The van der Waals surface area contributed by atoms with E-state index in [1.54, 1.807) is 16.0 Å². The molecule has 8 heteroatoms. The first-order chi connectivity index (χ1) is 14.6. The van der Waals surface area contributed by atoms with Crippen LogP contribution in [-0.2, 0) is 13.0 Å². The summed E-state index contributed by atoms with van der Waals surface area (Å²) in [5.41, 5.74) is 4.03. The fourth-order valence-corrected chi connectivity index (χ4v) is 4.79. The average molecular weight is 422 g/mol. The van der Waals surface area contributed by atoms with E-state index in [-0.39, 0.29) is 6.61 Å². The zero-order valence-electron chi connectivity index (χ0n) is 16.9. The van der Waals surface area contributed by atoms with Crippen LogP contribution in [0.2, 0.25) is 0 Å². The minimum atomic E-state index is 0.0679. The summed E-state index contributed by atoms with van der Waals surface area (Å²) >= 11 is 1.70. The van der Waals surface area contributed by atoms with Gasteiger partial charge in [-0.05, 0) is 31.5 Å². The highest BCUT2D eigenvalue weighted by Crippen LogP contribution is 2.41. The van der Waals surface area contributed by atoms with Gasteiger partial charge in [-0.2, -0.15) is 5.10 Å². The molecule has 0 saturated heterocycles. The first kappa shape index (κ1) is 19.0. The summed E-state index contributed by atoms with van der Waals surface area (Å²) in [6, 6.07) is 6.54. The van der Waals surface area contributed by atoms with Gasteiger partial charge in [0, 0.05) is 47.1 Å². The number of nitrogens with zero attached hydrogens (tertiary/aromatic N) is 5. The fourth-order valence-electron chi connectivity index (χ4n) is 3.73. The van der Waals surface area contributed by atoms with Crippen LogP contribution in [0.15, 0.2) is 43.0 Å². The van der Waals surface area contributed by atoms with Crippen molar-refractivity contribution in [2.75, 3.05) is 13.2 Å². The third kappa shape index (κ3) is 3.32. The number of hydrogen-bond donors (Lipinski definition) is 1. The zero-order chi connectivity index (χ0) is 20.7. The number of fused-ring (bicyclic) bond motifs is 3. The first-order valence-electron chi connectivity index (χ1n) is 10.1. The Morgan fingerprint density at radius 2 is 2.17 bits per heavy atom. The van der Waals surface area contributed by atoms with E-state index < -0.39 is 0 Å². The van der Waals surface area contributed by atoms with Gasteiger partial charge >= 0.3 is 0 Å². The molecule has 1 aliphatic rings. The standard InChI is InChI=1S/C22H23N5O2S/c1-14(2)27-7-6-23-21(27)22-25-20-17-4-3-15(16-12-24-26(13-16)8-9-28)11-18(17)29-10-5-19(20)30-22/h3-4,6-7,11-14,28H,5,8-10H2,1-2H3. The maximum absolute atomic E-state index is 9.11. The summed E-state index contributed by atoms with van der Waals surface area (Å²) in [4.78, 5) is 10.8. The molecule has 1 aliphatic heterocycles. The smallest absolute Gasteiger partial charge is 0.169 e. The summed E-state index contributed by atoms with van der Waals surface area (Å²) in [5, 5.41) is 14.4. The van der Waals surface area contributed by atoms with Crippen LogP contribution in [0.25, 0.3) is 33.2 Å². The molecule has 0 bridgehead atoms. The Morgan fingerprint density at radius 3 is 3.00 bits per heavy atom. The Kier molecular flexibility index (Phi) is 4.88. The molecule has 0 spiro atoms. The lowest BCUT2D eigenvalue weighted by Gasteiger charge is -2.10. The van der Waals surface area contributed by atoms with E-state index in [2.05, 4.69) is 46.7 Å². The van der Waals surface area contributed by atoms with Gasteiger partial charge in [0.25, 0.3) is 0 Å². The molecule has 30 heavy (non-hydrogen) atoms. The Labute approximate surface area is 178 Å². The largest absolute Gasteiger partial charge is 0.492 e. The monoisotopic (exact) mass is 421 g/mol. The molecule has 0 fully saturated rings. The van der Waals surface area contributed by atoms with Crippen LogP contribution in [0.3, 0.4) is 0 Å². The van der Waals surface area contributed by atoms with Crippen LogP contribution < -0.4 is 4.74 Å². The van der Waals surface area contributed by atoms with E-state index in [1.165, 1.54) is 4.88 Å². The minimum absolute atomic E-state index is 0.0679. The first-order valence-corrected chi connectivity index (χ1v) is 10.9. The number of thiazole rings is 1. The maximum atomic E-state index is 9.11. The number of benzene rings is 1. The molecule has 4 aromatic rings. The predicted molar refractivity (Wildman–Crippen MR) is 117 cm³/mol. The number of aromatic nitrogens is 5. The lowest BCUT2D eigenvalue weighted by molar-refractivity contribution is 0.269. The predicted octanol–water partition coefficient (Wildman–Crippen LogP) is 4.05. The summed E-state index contributed by atoms with van der Waals surface area (Å²) in [7, 11) is 0. The van der Waals surface area contributed by atoms with Gasteiger partial charge in [0.1, 0.15) is 5.75 Å². The molecule has 1 aromatic carbocycles. The molecule has 154 valence electrons.